The van der Waals surface area contributed by atoms with Crippen LogP contribution in [-0.2, 0) is 11.3 Å². The van der Waals surface area contributed by atoms with Gasteiger partial charge in [-0.2, -0.15) is 0 Å². The van der Waals surface area contributed by atoms with Crippen molar-refractivity contribution in [3.63, 3.8) is 0 Å². The van der Waals surface area contributed by atoms with Crippen LogP contribution in [0.15, 0.2) is 18.2 Å². The Morgan fingerprint density at radius 1 is 1.24 bits per heavy atom. The van der Waals surface area contributed by atoms with E-state index in [0.29, 0.717) is 0 Å². The molecule has 0 spiro atoms. The Balaban J connectivity index is 2.63. The van der Waals surface area contributed by atoms with Crippen LogP contribution in [-0.4, -0.2) is 41.5 Å². The van der Waals surface area contributed by atoms with Crippen molar-refractivity contribution in [2.24, 2.45) is 0 Å². The lowest BCUT2D eigenvalue weighted by molar-refractivity contribution is 0.199. The van der Waals surface area contributed by atoms with E-state index in [1.165, 1.54) is 5.56 Å². The van der Waals surface area contributed by atoms with E-state index in [0.717, 1.165) is 31.1 Å². The fourth-order valence-electron chi connectivity index (χ4n) is 1.61. The van der Waals surface area contributed by atoms with Crippen molar-refractivity contribution < 1.29 is 9.47 Å². The molecule has 4 heteroatoms. The van der Waals surface area contributed by atoms with Crippen LogP contribution >= 0.6 is 0 Å². The molecule has 0 aliphatic heterocycles. The molecule has 1 N–H and O–H groups in total. The van der Waals surface area contributed by atoms with E-state index in [1.807, 2.05) is 19.0 Å². The van der Waals surface area contributed by atoms with Gasteiger partial charge in [0.1, 0.15) is 5.75 Å². The molecular weight excluding hydrogens is 216 g/mol. The molecule has 1 rings (SSSR count). The van der Waals surface area contributed by atoms with Gasteiger partial charge in [0.2, 0.25) is 0 Å². The van der Waals surface area contributed by atoms with Crippen molar-refractivity contribution >= 4 is 5.69 Å². The highest BCUT2D eigenvalue weighted by Gasteiger charge is 2.05. The van der Waals surface area contributed by atoms with Gasteiger partial charge in [0.25, 0.3) is 0 Å². The summed E-state index contributed by atoms with van der Waals surface area (Å²) >= 11 is 0. The predicted molar refractivity (Wildman–Crippen MR) is 70.9 cm³/mol. The molecule has 1 aromatic carbocycles. The highest BCUT2D eigenvalue weighted by molar-refractivity contribution is 5.58. The summed E-state index contributed by atoms with van der Waals surface area (Å²) < 4.78 is 10.4. The quantitative estimate of drug-likeness (QED) is 0.730. The lowest BCUT2D eigenvalue weighted by atomic mass is 10.1. The summed E-state index contributed by atoms with van der Waals surface area (Å²) in [6.45, 7) is 2.41. The van der Waals surface area contributed by atoms with E-state index in [1.54, 1.807) is 14.2 Å². The zero-order valence-electron chi connectivity index (χ0n) is 11.1. The second-order valence-electron chi connectivity index (χ2n) is 4.07. The third-order valence-corrected chi connectivity index (χ3v) is 2.54. The van der Waals surface area contributed by atoms with E-state index in [2.05, 4.69) is 23.5 Å². The van der Waals surface area contributed by atoms with Gasteiger partial charge in [0, 0.05) is 34.3 Å². The highest BCUT2D eigenvalue weighted by Crippen LogP contribution is 2.27. The Kier molecular flexibility index (Phi) is 5.80. The minimum Gasteiger partial charge on any atom is -0.495 e. The van der Waals surface area contributed by atoms with Crippen LogP contribution in [0.3, 0.4) is 0 Å². The summed E-state index contributed by atoms with van der Waals surface area (Å²) in [5.74, 6) is 0.904. The lowest BCUT2D eigenvalue weighted by Gasteiger charge is -2.17. The molecule has 0 aromatic heterocycles. The maximum absolute atomic E-state index is 5.38. The van der Waals surface area contributed by atoms with Crippen LogP contribution in [0.25, 0.3) is 0 Å². The van der Waals surface area contributed by atoms with Gasteiger partial charge in [-0.3, -0.25) is 0 Å². The summed E-state index contributed by atoms with van der Waals surface area (Å²) in [4.78, 5) is 2.04. The Labute approximate surface area is 104 Å². The topological polar surface area (TPSA) is 33.7 Å². The standard InChI is InChI=1S/C13H22N2O2/c1-15(2)12-6-5-11(9-13(12)17-4)10-14-7-8-16-3/h5-6,9,14H,7-8,10H2,1-4H3. The molecule has 0 heterocycles. The molecule has 0 atom stereocenters. The molecular formula is C13H22N2O2. The average Bonchev–Trinajstić information content (AvgIpc) is 2.34. The van der Waals surface area contributed by atoms with Crippen LogP contribution in [0.5, 0.6) is 5.75 Å². The Morgan fingerprint density at radius 2 is 2.00 bits per heavy atom. The summed E-state index contributed by atoms with van der Waals surface area (Å²) in [6.07, 6.45) is 0. The monoisotopic (exact) mass is 238 g/mol. The SMILES string of the molecule is COCCNCc1ccc(N(C)C)c(OC)c1. The molecule has 4 nitrogen and oxygen atoms in total. The molecule has 0 radical (unpaired) electrons. The van der Waals surface area contributed by atoms with Gasteiger partial charge in [-0.05, 0) is 17.7 Å². The van der Waals surface area contributed by atoms with Gasteiger partial charge >= 0.3 is 0 Å². The third-order valence-electron chi connectivity index (χ3n) is 2.54. The average molecular weight is 238 g/mol. The molecule has 0 saturated carbocycles. The smallest absolute Gasteiger partial charge is 0.142 e. The van der Waals surface area contributed by atoms with Gasteiger partial charge in [-0.25, -0.2) is 0 Å². The Hall–Kier alpha value is -1.26. The zero-order chi connectivity index (χ0) is 12.7. The fourth-order valence-corrected chi connectivity index (χ4v) is 1.61. The van der Waals surface area contributed by atoms with E-state index in [4.69, 9.17) is 9.47 Å². The fraction of sp³-hybridized carbons (Fsp3) is 0.538. The normalized spacial score (nSPS) is 10.4. The first-order valence-electron chi connectivity index (χ1n) is 5.73. The molecule has 0 aliphatic rings. The number of hydrogen-bond acceptors (Lipinski definition) is 4. The Morgan fingerprint density at radius 3 is 2.59 bits per heavy atom. The summed E-state index contributed by atoms with van der Waals surface area (Å²) in [5, 5.41) is 3.31. The molecule has 0 unspecified atom stereocenters. The first kappa shape index (κ1) is 13.8. The number of nitrogens with zero attached hydrogens (tertiary/aromatic N) is 1. The van der Waals surface area contributed by atoms with Crippen molar-refractivity contribution in [3.8, 4) is 5.75 Å². The lowest BCUT2D eigenvalue weighted by Crippen LogP contribution is -2.18. The van der Waals surface area contributed by atoms with Crippen molar-refractivity contribution in [2.75, 3.05) is 46.4 Å². The minimum absolute atomic E-state index is 0.729. The number of rotatable bonds is 7. The first-order valence-corrected chi connectivity index (χ1v) is 5.73. The van der Waals surface area contributed by atoms with E-state index < -0.39 is 0 Å². The van der Waals surface area contributed by atoms with E-state index in [-0.39, 0.29) is 0 Å². The van der Waals surface area contributed by atoms with Gasteiger partial charge in [0.05, 0.1) is 19.4 Å². The van der Waals surface area contributed by atoms with Gasteiger partial charge in [-0.15, -0.1) is 0 Å². The van der Waals surface area contributed by atoms with Crippen molar-refractivity contribution in [1.29, 1.82) is 0 Å². The molecule has 0 bridgehead atoms. The Bertz CT molecular complexity index is 340. The van der Waals surface area contributed by atoms with Crippen molar-refractivity contribution in [1.82, 2.24) is 5.32 Å². The molecule has 0 amide bonds. The van der Waals surface area contributed by atoms with Gasteiger partial charge in [0.15, 0.2) is 0 Å². The number of methoxy groups -OCH3 is 2. The van der Waals surface area contributed by atoms with E-state index in [9.17, 15) is 0 Å². The molecule has 0 fully saturated rings. The van der Waals surface area contributed by atoms with E-state index >= 15 is 0 Å². The molecule has 17 heavy (non-hydrogen) atoms. The summed E-state index contributed by atoms with van der Waals surface area (Å²) in [5.41, 5.74) is 2.30. The minimum atomic E-state index is 0.729. The predicted octanol–water partition coefficient (Wildman–Crippen LogP) is 1.50. The second kappa shape index (κ2) is 7.14. The molecule has 0 saturated heterocycles. The molecule has 96 valence electrons. The van der Waals surface area contributed by atoms with Crippen LogP contribution in [0.1, 0.15) is 5.56 Å². The van der Waals surface area contributed by atoms with Gasteiger partial charge in [-0.1, -0.05) is 6.07 Å². The van der Waals surface area contributed by atoms with Crippen molar-refractivity contribution in [2.45, 2.75) is 6.54 Å². The highest BCUT2D eigenvalue weighted by atomic mass is 16.5. The number of nitrogens with one attached hydrogen (secondary N) is 1. The van der Waals surface area contributed by atoms with Crippen LogP contribution < -0.4 is 15.0 Å². The number of anilines is 1. The number of ether oxygens (including phenoxy) is 2. The third kappa shape index (κ3) is 4.24. The molecule has 0 aliphatic carbocycles. The zero-order valence-corrected chi connectivity index (χ0v) is 11.1. The second-order valence-corrected chi connectivity index (χ2v) is 4.07. The largest absolute Gasteiger partial charge is 0.495 e. The van der Waals surface area contributed by atoms with Crippen LogP contribution in [0.4, 0.5) is 5.69 Å². The van der Waals surface area contributed by atoms with Crippen molar-refractivity contribution in [3.05, 3.63) is 23.8 Å². The molecule has 1 aromatic rings. The summed E-state index contributed by atoms with van der Waals surface area (Å²) in [7, 11) is 7.42. The number of hydrogen-bond donors (Lipinski definition) is 1. The number of benzene rings is 1. The maximum Gasteiger partial charge on any atom is 0.142 e. The maximum atomic E-state index is 5.38. The van der Waals surface area contributed by atoms with Crippen LogP contribution in [0.2, 0.25) is 0 Å². The van der Waals surface area contributed by atoms with Gasteiger partial charge < -0.3 is 19.7 Å². The summed E-state index contributed by atoms with van der Waals surface area (Å²) in [6, 6.07) is 6.25. The van der Waals surface area contributed by atoms with Crippen LogP contribution in [0, 0.1) is 0 Å². The first-order chi connectivity index (χ1) is 8.19.